The van der Waals surface area contributed by atoms with Crippen LogP contribution in [0.1, 0.15) is 20.3 Å². The fraction of sp³-hybridized carbons (Fsp3) is 0.238. The van der Waals surface area contributed by atoms with Crippen molar-refractivity contribution < 1.29 is 9.59 Å². The Morgan fingerprint density at radius 3 is 2.22 bits per heavy atom. The van der Waals surface area contributed by atoms with E-state index in [0.29, 0.717) is 28.7 Å². The van der Waals surface area contributed by atoms with Crippen molar-refractivity contribution >= 4 is 45.7 Å². The van der Waals surface area contributed by atoms with Gasteiger partial charge in [0.15, 0.2) is 0 Å². The van der Waals surface area contributed by atoms with Gasteiger partial charge in [-0.05, 0) is 53.8 Å². The van der Waals surface area contributed by atoms with Crippen LogP contribution in [0.3, 0.4) is 0 Å². The maximum atomic E-state index is 12.4. The van der Waals surface area contributed by atoms with Gasteiger partial charge >= 0.3 is 0 Å². The molecule has 0 fully saturated rings. The van der Waals surface area contributed by atoms with Crippen molar-refractivity contribution in [2.45, 2.75) is 26.8 Å². The van der Waals surface area contributed by atoms with E-state index in [-0.39, 0.29) is 18.4 Å². The monoisotopic (exact) mass is 383 g/mol. The number of halogens is 1. The molecule has 140 valence electrons. The summed E-state index contributed by atoms with van der Waals surface area (Å²) in [6.45, 7) is 4.19. The van der Waals surface area contributed by atoms with Crippen molar-refractivity contribution in [3.8, 4) is 0 Å². The SMILES string of the molecule is CC(C)CC(=O)Nc1ccc(NC(=O)Cn2ccc3ccc(Cl)cc32)cc1. The molecule has 0 radical (unpaired) electrons. The second-order valence-electron chi connectivity index (χ2n) is 6.92. The van der Waals surface area contributed by atoms with Crippen LogP contribution in [0.4, 0.5) is 11.4 Å². The molecular weight excluding hydrogens is 362 g/mol. The first kappa shape index (κ1) is 19.0. The topological polar surface area (TPSA) is 63.1 Å². The van der Waals surface area contributed by atoms with E-state index in [4.69, 9.17) is 11.6 Å². The molecule has 0 saturated carbocycles. The van der Waals surface area contributed by atoms with Crippen molar-refractivity contribution in [2.24, 2.45) is 5.92 Å². The molecule has 0 spiro atoms. The van der Waals surface area contributed by atoms with Gasteiger partial charge in [-0.25, -0.2) is 0 Å². The first-order valence-electron chi connectivity index (χ1n) is 8.85. The first-order valence-corrected chi connectivity index (χ1v) is 9.22. The molecule has 0 saturated heterocycles. The first-order chi connectivity index (χ1) is 12.9. The number of rotatable bonds is 6. The summed E-state index contributed by atoms with van der Waals surface area (Å²) in [5, 5.41) is 7.39. The second-order valence-corrected chi connectivity index (χ2v) is 7.35. The average Bonchev–Trinajstić information content (AvgIpc) is 2.98. The molecule has 0 unspecified atom stereocenters. The van der Waals surface area contributed by atoms with Crippen LogP contribution in [0.5, 0.6) is 0 Å². The number of aromatic nitrogens is 1. The highest BCUT2D eigenvalue weighted by Crippen LogP contribution is 2.21. The second kappa shape index (κ2) is 8.27. The fourth-order valence-electron chi connectivity index (χ4n) is 2.87. The number of amides is 2. The predicted octanol–water partition coefficient (Wildman–Crippen LogP) is 4.92. The van der Waals surface area contributed by atoms with Crippen LogP contribution >= 0.6 is 11.6 Å². The van der Waals surface area contributed by atoms with Crippen molar-refractivity contribution in [2.75, 3.05) is 10.6 Å². The summed E-state index contributed by atoms with van der Waals surface area (Å²) in [7, 11) is 0. The van der Waals surface area contributed by atoms with Crippen molar-refractivity contribution in [3.05, 3.63) is 59.8 Å². The number of nitrogens with zero attached hydrogens (tertiary/aromatic N) is 1. The number of hydrogen-bond acceptors (Lipinski definition) is 2. The summed E-state index contributed by atoms with van der Waals surface area (Å²) >= 11 is 6.05. The van der Waals surface area contributed by atoms with Crippen molar-refractivity contribution in [1.29, 1.82) is 0 Å². The third-order valence-electron chi connectivity index (χ3n) is 4.10. The molecule has 0 aliphatic rings. The highest BCUT2D eigenvalue weighted by Gasteiger charge is 2.08. The molecule has 2 aromatic carbocycles. The molecular formula is C21H22ClN3O2. The highest BCUT2D eigenvalue weighted by molar-refractivity contribution is 6.31. The van der Waals surface area contributed by atoms with E-state index in [1.165, 1.54) is 0 Å². The molecule has 3 aromatic rings. The number of carbonyl (C=O) groups excluding carboxylic acids is 2. The summed E-state index contributed by atoms with van der Waals surface area (Å²) in [5.74, 6) is 0.159. The summed E-state index contributed by atoms with van der Waals surface area (Å²) in [6.07, 6.45) is 2.35. The Kier molecular flexibility index (Phi) is 5.81. The van der Waals surface area contributed by atoms with Crippen LogP contribution in [-0.4, -0.2) is 16.4 Å². The standard InChI is InChI=1S/C21H22ClN3O2/c1-14(2)11-20(26)23-17-5-7-18(8-6-17)24-21(27)13-25-10-9-15-3-4-16(22)12-19(15)25/h3-10,12,14H,11,13H2,1-2H3,(H,23,26)(H,24,27). The van der Waals surface area contributed by atoms with Crippen molar-refractivity contribution in [3.63, 3.8) is 0 Å². The number of hydrogen-bond donors (Lipinski definition) is 2. The van der Waals surface area contributed by atoms with E-state index in [1.807, 2.05) is 48.9 Å². The molecule has 2 N–H and O–H groups in total. The number of carbonyl (C=O) groups is 2. The van der Waals surface area contributed by atoms with Crippen LogP contribution in [-0.2, 0) is 16.1 Å². The van der Waals surface area contributed by atoms with E-state index in [0.717, 1.165) is 10.9 Å². The van der Waals surface area contributed by atoms with Crippen LogP contribution in [0.2, 0.25) is 5.02 Å². The lowest BCUT2D eigenvalue weighted by Gasteiger charge is -2.10. The zero-order chi connectivity index (χ0) is 19.4. The Morgan fingerprint density at radius 2 is 1.59 bits per heavy atom. The van der Waals surface area contributed by atoms with Gasteiger partial charge in [-0.1, -0.05) is 31.5 Å². The molecule has 1 heterocycles. The molecule has 27 heavy (non-hydrogen) atoms. The Hall–Kier alpha value is -2.79. The minimum Gasteiger partial charge on any atom is -0.338 e. The Morgan fingerprint density at radius 1 is 0.963 bits per heavy atom. The molecule has 5 nitrogen and oxygen atoms in total. The molecule has 6 heteroatoms. The lowest BCUT2D eigenvalue weighted by atomic mass is 10.1. The third-order valence-corrected chi connectivity index (χ3v) is 4.33. The lowest BCUT2D eigenvalue weighted by Crippen LogP contribution is -2.18. The number of anilines is 2. The highest BCUT2D eigenvalue weighted by atomic mass is 35.5. The number of nitrogens with one attached hydrogen (secondary N) is 2. The molecule has 0 aliphatic heterocycles. The molecule has 3 rings (SSSR count). The van der Waals surface area contributed by atoms with Crippen LogP contribution < -0.4 is 10.6 Å². The van der Waals surface area contributed by atoms with Gasteiger partial charge in [0.1, 0.15) is 6.54 Å². The quantitative estimate of drug-likeness (QED) is 0.634. The predicted molar refractivity (Wildman–Crippen MR) is 110 cm³/mol. The molecule has 0 bridgehead atoms. The van der Waals surface area contributed by atoms with Gasteiger partial charge in [0.25, 0.3) is 0 Å². The van der Waals surface area contributed by atoms with Gasteiger partial charge in [0.2, 0.25) is 11.8 Å². The van der Waals surface area contributed by atoms with E-state index in [2.05, 4.69) is 10.6 Å². The smallest absolute Gasteiger partial charge is 0.244 e. The Balaban J connectivity index is 1.60. The number of benzene rings is 2. The van der Waals surface area contributed by atoms with Crippen LogP contribution in [0.25, 0.3) is 10.9 Å². The summed E-state index contributed by atoms with van der Waals surface area (Å²) in [6, 6.07) is 14.7. The van der Waals surface area contributed by atoms with Crippen LogP contribution in [0.15, 0.2) is 54.7 Å². The largest absolute Gasteiger partial charge is 0.338 e. The summed E-state index contributed by atoms with van der Waals surface area (Å²) in [5.41, 5.74) is 2.31. The zero-order valence-electron chi connectivity index (χ0n) is 15.3. The van der Waals surface area contributed by atoms with Gasteiger partial charge in [-0.15, -0.1) is 0 Å². The third kappa shape index (κ3) is 5.11. The maximum Gasteiger partial charge on any atom is 0.244 e. The van der Waals surface area contributed by atoms with Gasteiger partial charge in [-0.3, -0.25) is 9.59 Å². The summed E-state index contributed by atoms with van der Waals surface area (Å²) in [4.78, 5) is 24.2. The maximum absolute atomic E-state index is 12.4. The average molecular weight is 384 g/mol. The van der Waals surface area contributed by atoms with E-state index >= 15 is 0 Å². The van der Waals surface area contributed by atoms with E-state index in [9.17, 15) is 9.59 Å². The number of fused-ring (bicyclic) bond motifs is 1. The normalized spacial score (nSPS) is 11.0. The van der Waals surface area contributed by atoms with Crippen molar-refractivity contribution in [1.82, 2.24) is 4.57 Å². The van der Waals surface area contributed by atoms with Crippen LogP contribution in [0, 0.1) is 5.92 Å². The van der Waals surface area contributed by atoms with E-state index < -0.39 is 0 Å². The molecule has 1 aromatic heterocycles. The van der Waals surface area contributed by atoms with Gasteiger partial charge in [0, 0.05) is 34.5 Å². The molecule has 2 amide bonds. The van der Waals surface area contributed by atoms with E-state index in [1.54, 1.807) is 24.3 Å². The Labute approximate surface area is 163 Å². The van der Waals surface area contributed by atoms with Gasteiger partial charge < -0.3 is 15.2 Å². The molecule has 0 atom stereocenters. The fourth-order valence-corrected chi connectivity index (χ4v) is 3.04. The minimum absolute atomic E-state index is 0.0140. The summed E-state index contributed by atoms with van der Waals surface area (Å²) < 4.78 is 1.86. The molecule has 0 aliphatic carbocycles. The van der Waals surface area contributed by atoms with Gasteiger partial charge in [0.05, 0.1) is 0 Å². The minimum atomic E-state index is -0.135. The Bertz CT molecular complexity index is 961. The lowest BCUT2D eigenvalue weighted by molar-refractivity contribution is -0.117. The zero-order valence-corrected chi connectivity index (χ0v) is 16.1. The van der Waals surface area contributed by atoms with Gasteiger partial charge in [-0.2, -0.15) is 0 Å².